The smallest absolute Gasteiger partial charge is 0.292 e. The van der Waals surface area contributed by atoms with Gasteiger partial charge in [-0.05, 0) is 39.3 Å². The van der Waals surface area contributed by atoms with Crippen molar-refractivity contribution in [2.45, 2.75) is 0 Å². The molecule has 6 rings (SSSR count). The molecule has 0 N–H and O–H groups in total. The Kier molecular flexibility index (Phi) is 5.16. The molecular weight excluding hydrogens is 430 g/mol. The SMILES string of the molecule is COn1c(-c2ccccc2)c(-c2ccccc2)c2cc3ccc(-c4ccccc4)ccc-3c2c1=O. The zero-order valence-corrected chi connectivity index (χ0v) is 19.3. The first kappa shape index (κ1) is 20.9. The van der Waals surface area contributed by atoms with Crippen molar-refractivity contribution in [1.29, 1.82) is 0 Å². The summed E-state index contributed by atoms with van der Waals surface area (Å²) in [4.78, 5) is 19.6. The van der Waals surface area contributed by atoms with Gasteiger partial charge in [-0.25, -0.2) is 0 Å². The maximum atomic E-state index is 13.9. The lowest BCUT2D eigenvalue weighted by atomic mass is 9.95. The molecule has 0 saturated carbocycles. The van der Waals surface area contributed by atoms with Crippen molar-refractivity contribution < 1.29 is 4.84 Å². The van der Waals surface area contributed by atoms with Crippen LogP contribution in [0.2, 0.25) is 0 Å². The van der Waals surface area contributed by atoms with Gasteiger partial charge in [0.15, 0.2) is 0 Å². The lowest BCUT2D eigenvalue weighted by molar-refractivity contribution is 0.163. The molecule has 0 amide bonds. The molecule has 1 heterocycles. The summed E-state index contributed by atoms with van der Waals surface area (Å²) in [5, 5.41) is 1.59. The third-order valence-electron chi connectivity index (χ3n) is 6.53. The molecule has 0 unspecified atom stereocenters. The lowest BCUT2D eigenvalue weighted by Gasteiger charge is -2.18. The topological polar surface area (TPSA) is 31.2 Å². The van der Waals surface area contributed by atoms with E-state index in [-0.39, 0.29) is 5.56 Å². The van der Waals surface area contributed by atoms with Crippen LogP contribution < -0.4 is 10.4 Å². The van der Waals surface area contributed by atoms with Crippen molar-refractivity contribution >= 4 is 10.8 Å². The number of hydrogen-bond acceptors (Lipinski definition) is 2. The standard InChI is InChI=1S/C32H23NO2/c1-35-33-31(25-15-9-4-10-16-25)29(24-13-7-3-8-14-24)28-21-26-18-17-23(22-11-5-2-6-12-22)19-20-27(26)30(28)32(33)34/h2-21H,1H3. The minimum absolute atomic E-state index is 0.163. The van der Waals surface area contributed by atoms with E-state index in [1.165, 1.54) is 4.73 Å². The largest absolute Gasteiger partial charge is 0.413 e. The van der Waals surface area contributed by atoms with Gasteiger partial charge < -0.3 is 4.84 Å². The first-order chi connectivity index (χ1) is 17.3. The molecule has 2 aliphatic rings. The van der Waals surface area contributed by atoms with Gasteiger partial charge >= 0.3 is 0 Å². The molecular formula is C32H23NO2. The first-order valence-corrected chi connectivity index (χ1v) is 11.6. The molecule has 0 atom stereocenters. The fraction of sp³-hybridized carbons (Fsp3) is 0.0312. The Labute approximate surface area is 203 Å². The highest BCUT2D eigenvalue weighted by atomic mass is 16.6. The van der Waals surface area contributed by atoms with E-state index in [1.54, 1.807) is 7.11 Å². The van der Waals surface area contributed by atoms with Gasteiger partial charge in [-0.1, -0.05) is 115 Å². The van der Waals surface area contributed by atoms with Gasteiger partial charge in [0.1, 0.15) is 7.11 Å². The normalized spacial score (nSPS) is 11.1. The second kappa shape index (κ2) is 8.62. The van der Waals surface area contributed by atoms with Crippen LogP contribution in [0.4, 0.5) is 0 Å². The van der Waals surface area contributed by atoms with Crippen LogP contribution in [0.1, 0.15) is 0 Å². The van der Waals surface area contributed by atoms with E-state index in [0.29, 0.717) is 5.39 Å². The Bertz CT molecular complexity index is 1670. The Morgan fingerprint density at radius 3 is 1.71 bits per heavy atom. The van der Waals surface area contributed by atoms with Crippen molar-refractivity contribution in [2.75, 3.05) is 7.11 Å². The molecule has 0 spiro atoms. The fourth-order valence-electron chi connectivity index (χ4n) is 4.93. The number of fused-ring (bicyclic) bond motifs is 3. The minimum Gasteiger partial charge on any atom is -0.413 e. The van der Waals surface area contributed by atoms with Gasteiger partial charge in [-0.3, -0.25) is 4.79 Å². The number of pyridine rings is 1. The Balaban J connectivity index is 1.73. The second-order valence-electron chi connectivity index (χ2n) is 8.53. The van der Waals surface area contributed by atoms with Crippen LogP contribution in [-0.4, -0.2) is 11.8 Å². The van der Waals surface area contributed by atoms with Crippen LogP contribution in [0.25, 0.3) is 55.4 Å². The van der Waals surface area contributed by atoms with E-state index < -0.39 is 0 Å². The summed E-state index contributed by atoms with van der Waals surface area (Å²) in [5.74, 6) is 0. The molecule has 4 aromatic rings. The van der Waals surface area contributed by atoms with E-state index >= 15 is 0 Å². The summed E-state index contributed by atoms with van der Waals surface area (Å²) in [7, 11) is 1.55. The summed E-state index contributed by atoms with van der Waals surface area (Å²) in [5.41, 5.74) is 7.70. The maximum absolute atomic E-state index is 13.9. The van der Waals surface area contributed by atoms with Crippen molar-refractivity contribution in [1.82, 2.24) is 4.73 Å². The third kappa shape index (κ3) is 3.49. The van der Waals surface area contributed by atoms with Gasteiger partial charge in [0.05, 0.1) is 11.1 Å². The van der Waals surface area contributed by atoms with Gasteiger partial charge in [-0.15, -0.1) is 4.73 Å². The molecule has 0 fully saturated rings. The van der Waals surface area contributed by atoms with Crippen LogP contribution in [0, 0.1) is 0 Å². The average molecular weight is 454 g/mol. The van der Waals surface area contributed by atoms with Crippen molar-refractivity contribution in [3.63, 3.8) is 0 Å². The second-order valence-corrected chi connectivity index (χ2v) is 8.53. The van der Waals surface area contributed by atoms with Crippen LogP contribution in [-0.2, 0) is 0 Å². The molecule has 35 heavy (non-hydrogen) atoms. The number of benzene rings is 3. The van der Waals surface area contributed by atoms with E-state index in [2.05, 4.69) is 54.6 Å². The molecule has 168 valence electrons. The molecule has 3 aromatic carbocycles. The highest BCUT2D eigenvalue weighted by Crippen LogP contribution is 2.42. The zero-order chi connectivity index (χ0) is 23.8. The molecule has 0 saturated heterocycles. The number of rotatable bonds is 4. The molecule has 1 aromatic heterocycles. The van der Waals surface area contributed by atoms with Gasteiger partial charge in [-0.2, -0.15) is 0 Å². The highest BCUT2D eigenvalue weighted by molar-refractivity contribution is 6.11. The zero-order valence-electron chi connectivity index (χ0n) is 19.3. The van der Waals surface area contributed by atoms with Crippen LogP contribution in [0.3, 0.4) is 0 Å². The monoisotopic (exact) mass is 453 g/mol. The van der Waals surface area contributed by atoms with Crippen molar-refractivity contribution in [3.05, 3.63) is 132 Å². The third-order valence-corrected chi connectivity index (χ3v) is 6.53. The van der Waals surface area contributed by atoms with Gasteiger partial charge in [0, 0.05) is 11.1 Å². The summed E-state index contributed by atoms with van der Waals surface area (Å²) >= 11 is 0. The van der Waals surface area contributed by atoms with E-state index in [4.69, 9.17) is 4.84 Å². The predicted octanol–water partition coefficient (Wildman–Crippen LogP) is 7.17. The molecule has 0 aliphatic heterocycles. The van der Waals surface area contributed by atoms with Crippen LogP contribution in [0.15, 0.2) is 126 Å². The predicted molar refractivity (Wildman–Crippen MR) is 144 cm³/mol. The molecule has 2 aliphatic carbocycles. The van der Waals surface area contributed by atoms with Gasteiger partial charge in [0.25, 0.3) is 5.56 Å². The number of nitrogens with zero attached hydrogens (tertiary/aromatic N) is 1. The minimum atomic E-state index is -0.163. The van der Waals surface area contributed by atoms with E-state index in [1.807, 2.05) is 66.7 Å². The van der Waals surface area contributed by atoms with Crippen molar-refractivity contribution in [2.24, 2.45) is 0 Å². The van der Waals surface area contributed by atoms with Crippen LogP contribution >= 0.6 is 0 Å². The molecule has 0 radical (unpaired) electrons. The average Bonchev–Trinajstić information content (AvgIpc) is 3.15. The summed E-state index contributed by atoms with van der Waals surface area (Å²) in [6.45, 7) is 0. The van der Waals surface area contributed by atoms with E-state index in [9.17, 15) is 4.79 Å². The molecule has 3 heteroatoms. The molecule has 0 bridgehead atoms. The number of aromatic nitrogens is 1. The summed E-state index contributed by atoms with van der Waals surface area (Å²) in [6, 6.07) is 40.9. The fourth-order valence-corrected chi connectivity index (χ4v) is 4.93. The van der Waals surface area contributed by atoms with Gasteiger partial charge in [0.2, 0.25) is 0 Å². The summed E-state index contributed by atoms with van der Waals surface area (Å²) in [6.07, 6.45) is 0. The first-order valence-electron chi connectivity index (χ1n) is 11.6. The van der Waals surface area contributed by atoms with Crippen molar-refractivity contribution in [3.8, 4) is 44.6 Å². The lowest BCUT2D eigenvalue weighted by Crippen LogP contribution is -2.27. The molecule has 3 nitrogen and oxygen atoms in total. The summed E-state index contributed by atoms with van der Waals surface area (Å²) < 4.78 is 1.44. The Morgan fingerprint density at radius 2 is 1.09 bits per heavy atom. The van der Waals surface area contributed by atoms with E-state index in [0.717, 1.165) is 50.0 Å². The van der Waals surface area contributed by atoms with Crippen LogP contribution in [0.5, 0.6) is 0 Å². The Hall–Kier alpha value is -4.63. The number of hydrogen-bond donors (Lipinski definition) is 0. The quantitative estimate of drug-likeness (QED) is 0.283. The Morgan fingerprint density at radius 1 is 0.571 bits per heavy atom. The highest BCUT2D eigenvalue weighted by Gasteiger charge is 2.24. The maximum Gasteiger partial charge on any atom is 0.292 e.